The molecule has 0 saturated heterocycles. The topological polar surface area (TPSA) is 63.4 Å². The minimum atomic E-state index is -0.692. The largest absolute Gasteiger partial charge is 0.388 e. The molecule has 0 spiro atoms. The molecule has 5 heteroatoms. The quantitative estimate of drug-likeness (QED) is 0.669. The lowest BCUT2D eigenvalue weighted by molar-refractivity contribution is -0.385. The molecular formula is C12H11NO3S. The van der Waals surface area contributed by atoms with E-state index in [0.717, 1.165) is 5.56 Å². The molecule has 2 aromatic rings. The number of hydrogen-bond acceptors (Lipinski definition) is 4. The van der Waals surface area contributed by atoms with Gasteiger partial charge >= 0.3 is 0 Å². The van der Waals surface area contributed by atoms with Crippen molar-refractivity contribution in [2.75, 3.05) is 0 Å². The van der Waals surface area contributed by atoms with Crippen LogP contribution in [-0.2, 0) is 6.42 Å². The lowest BCUT2D eigenvalue weighted by Crippen LogP contribution is -2.03. The summed E-state index contributed by atoms with van der Waals surface area (Å²) in [6, 6.07) is 8.31. The molecule has 1 aromatic heterocycles. The van der Waals surface area contributed by atoms with Crippen LogP contribution in [0.1, 0.15) is 17.2 Å². The number of rotatable bonds is 4. The average Bonchev–Trinajstić information content (AvgIpc) is 2.83. The van der Waals surface area contributed by atoms with Gasteiger partial charge in [-0.1, -0.05) is 18.2 Å². The highest BCUT2D eigenvalue weighted by Crippen LogP contribution is 2.25. The Bertz CT molecular complexity index is 510. The molecule has 1 unspecified atom stereocenters. The molecule has 0 aliphatic heterocycles. The Labute approximate surface area is 102 Å². The maximum absolute atomic E-state index is 10.8. The van der Waals surface area contributed by atoms with Crippen LogP contribution in [0.15, 0.2) is 41.1 Å². The van der Waals surface area contributed by atoms with Crippen molar-refractivity contribution in [3.63, 3.8) is 0 Å². The number of nitro benzene ring substituents is 1. The Morgan fingerprint density at radius 2 is 2.12 bits per heavy atom. The molecule has 88 valence electrons. The molecule has 1 atom stereocenters. The zero-order chi connectivity index (χ0) is 12.3. The summed E-state index contributed by atoms with van der Waals surface area (Å²) in [6.45, 7) is 0. The smallest absolute Gasteiger partial charge is 0.272 e. The molecule has 0 fully saturated rings. The number of nitrogens with zero attached hydrogens (tertiary/aromatic N) is 1. The molecule has 4 nitrogen and oxygen atoms in total. The molecule has 1 N–H and O–H groups in total. The van der Waals surface area contributed by atoms with E-state index in [0.29, 0.717) is 5.56 Å². The van der Waals surface area contributed by atoms with Gasteiger partial charge in [0, 0.05) is 18.1 Å². The molecule has 0 saturated carbocycles. The number of thiophene rings is 1. The third-order valence-corrected chi connectivity index (χ3v) is 3.23. The average molecular weight is 249 g/mol. The van der Waals surface area contributed by atoms with Gasteiger partial charge in [-0.3, -0.25) is 10.1 Å². The lowest BCUT2D eigenvalue weighted by atomic mass is 10.0. The van der Waals surface area contributed by atoms with E-state index in [1.165, 1.54) is 17.4 Å². The summed E-state index contributed by atoms with van der Waals surface area (Å²) >= 11 is 1.50. The van der Waals surface area contributed by atoms with E-state index in [4.69, 9.17) is 0 Å². The monoisotopic (exact) mass is 249 g/mol. The van der Waals surface area contributed by atoms with Crippen LogP contribution in [0, 0.1) is 10.1 Å². The van der Waals surface area contributed by atoms with Crippen LogP contribution in [0.4, 0.5) is 5.69 Å². The third kappa shape index (κ3) is 2.69. The number of aliphatic hydroxyl groups excluding tert-OH is 1. The first-order chi connectivity index (χ1) is 8.18. The highest BCUT2D eigenvalue weighted by molar-refractivity contribution is 7.07. The Balaban J connectivity index is 2.21. The van der Waals surface area contributed by atoms with E-state index in [2.05, 4.69) is 0 Å². The molecule has 0 amide bonds. The fourth-order valence-electron chi connectivity index (χ4n) is 1.65. The number of para-hydroxylation sites is 1. The van der Waals surface area contributed by atoms with Crippen LogP contribution in [-0.4, -0.2) is 10.0 Å². The van der Waals surface area contributed by atoms with Crippen LogP contribution >= 0.6 is 11.3 Å². The van der Waals surface area contributed by atoms with E-state index in [1.807, 2.05) is 16.8 Å². The summed E-state index contributed by atoms with van der Waals surface area (Å²) in [5.41, 5.74) is 1.41. The molecule has 0 aliphatic carbocycles. The first-order valence-electron chi connectivity index (χ1n) is 5.11. The number of aliphatic hydroxyl groups is 1. The number of hydrogen-bond donors (Lipinski definition) is 1. The van der Waals surface area contributed by atoms with Gasteiger partial charge in [-0.05, 0) is 22.4 Å². The first-order valence-corrected chi connectivity index (χ1v) is 6.05. The second-order valence-electron chi connectivity index (χ2n) is 3.66. The summed E-state index contributed by atoms with van der Waals surface area (Å²) in [6.07, 6.45) is -0.434. The van der Waals surface area contributed by atoms with Gasteiger partial charge < -0.3 is 5.11 Å². The predicted molar refractivity (Wildman–Crippen MR) is 66.1 cm³/mol. The van der Waals surface area contributed by atoms with E-state index < -0.39 is 11.0 Å². The zero-order valence-electron chi connectivity index (χ0n) is 8.95. The fourth-order valence-corrected chi connectivity index (χ4v) is 2.36. The van der Waals surface area contributed by atoms with E-state index in [9.17, 15) is 15.2 Å². The Kier molecular flexibility index (Phi) is 3.51. The standard InChI is InChI=1S/C12H11NO3S/c14-12(10-5-6-17-8-10)7-9-3-1-2-4-11(9)13(15)16/h1-6,8,12,14H,7H2. The Hall–Kier alpha value is -1.72. The number of nitro groups is 1. The van der Waals surface area contributed by atoms with Gasteiger partial charge in [0.25, 0.3) is 5.69 Å². The number of benzene rings is 1. The molecule has 1 heterocycles. The molecule has 1 aromatic carbocycles. The third-order valence-electron chi connectivity index (χ3n) is 2.53. The summed E-state index contributed by atoms with van der Waals surface area (Å²) in [5, 5.41) is 24.5. The van der Waals surface area contributed by atoms with Crippen molar-refractivity contribution in [1.82, 2.24) is 0 Å². The molecule has 2 rings (SSSR count). The van der Waals surface area contributed by atoms with Crippen molar-refractivity contribution in [2.45, 2.75) is 12.5 Å². The van der Waals surface area contributed by atoms with Gasteiger partial charge in [-0.25, -0.2) is 0 Å². The SMILES string of the molecule is O=[N+]([O-])c1ccccc1CC(O)c1ccsc1. The molecule has 0 radical (unpaired) electrons. The van der Waals surface area contributed by atoms with Crippen molar-refractivity contribution in [2.24, 2.45) is 0 Å². The van der Waals surface area contributed by atoms with E-state index >= 15 is 0 Å². The second kappa shape index (κ2) is 5.07. The van der Waals surface area contributed by atoms with Gasteiger partial charge in [-0.15, -0.1) is 0 Å². The van der Waals surface area contributed by atoms with Gasteiger partial charge in [0.2, 0.25) is 0 Å². The van der Waals surface area contributed by atoms with Crippen LogP contribution in [0.5, 0.6) is 0 Å². The van der Waals surface area contributed by atoms with Crippen molar-refractivity contribution < 1.29 is 10.0 Å². The zero-order valence-corrected chi connectivity index (χ0v) is 9.76. The van der Waals surface area contributed by atoms with Crippen molar-refractivity contribution >= 4 is 17.0 Å². The lowest BCUT2D eigenvalue weighted by Gasteiger charge is -2.08. The summed E-state index contributed by atoms with van der Waals surface area (Å²) in [5.74, 6) is 0. The van der Waals surface area contributed by atoms with Crippen molar-refractivity contribution in [1.29, 1.82) is 0 Å². The van der Waals surface area contributed by atoms with Crippen LogP contribution in [0.3, 0.4) is 0 Å². The van der Waals surface area contributed by atoms with Gasteiger partial charge in [0.15, 0.2) is 0 Å². The van der Waals surface area contributed by atoms with Crippen molar-refractivity contribution in [3.8, 4) is 0 Å². The van der Waals surface area contributed by atoms with Crippen LogP contribution < -0.4 is 0 Å². The summed E-state index contributed by atoms with van der Waals surface area (Å²) in [4.78, 5) is 10.4. The Morgan fingerprint density at radius 1 is 1.35 bits per heavy atom. The normalized spacial score (nSPS) is 12.3. The maximum atomic E-state index is 10.8. The molecular weight excluding hydrogens is 238 g/mol. The maximum Gasteiger partial charge on any atom is 0.272 e. The second-order valence-corrected chi connectivity index (χ2v) is 4.44. The summed E-state index contributed by atoms with van der Waals surface area (Å²) < 4.78 is 0. The Morgan fingerprint density at radius 3 is 2.76 bits per heavy atom. The van der Waals surface area contributed by atoms with Crippen LogP contribution in [0.2, 0.25) is 0 Å². The molecule has 0 aliphatic rings. The molecule has 17 heavy (non-hydrogen) atoms. The highest BCUT2D eigenvalue weighted by Gasteiger charge is 2.17. The highest BCUT2D eigenvalue weighted by atomic mass is 32.1. The fraction of sp³-hybridized carbons (Fsp3) is 0.167. The minimum Gasteiger partial charge on any atom is -0.388 e. The summed E-state index contributed by atoms with van der Waals surface area (Å²) in [7, 11) is 0. The van der Waals surface area contributed by atoms with Gasteiger partial charge in [0.1, 0.15) is 0 Å². The molecule has 0 bridgehead atoms. The van der Waals surface area contributed by atoms with Crippen molar-refractivity contribution in [3.05, 3.63) is 62.3 Å². The van der Waals surface area contributed by atoms with E-state index in [1.54, 1.807) is 18.2 Å². The minimum absolute atomic E-state index is 0.0572. The van der Waals surface area contributed by atoms with Gasteiger partial charge in [-0.2, -0.15) is 11.3 Å². The first kappa shape index (κ1) is 11.8. The van der Waals surface area contributed by atoms with E-state index in [-0.39, 0.29) is 12.1 Å². The predicted octanol–water partition coefficient (Wildman–Crippen LogP) is 2.93. The van der Waals surface area contributed by atoms with Gasteiger partial charge in [0.05, 0.1) is 11.0 Å². The van der Waals surface area contributed by atoms with Crippen LogP contribution in [0.25, 0.3) is 0 Å².